The van der Waals surface area contributed by atoms with Gasteiger partial charge in [0.25, 0.3) is 0 Å². The maximum Gasteiger partial charge on any atom is 0.111 e. The lowest BCUT2D eigenvalue weighted by Crippen LogP contribution is -2.22. The molecule has 0 nitrogen and oxygen atoms in total. The molecule has 694 valence electrons. The van der Waals surface area contributed by atoms with E-state index in [1.807, 2.05) is 118 Å². The van der Waals surface area contributed by atoms with Gasteiger partial charge in [-0.25, -0.2) is 0 Å². The summed E-state index contributed by atoms with van der Waals surface area (Å²) in [6, 6.07) is 85.2. The van der Waals surface area contributed by atoms with Gasteiger partial charge in [0.15, 0.2) is 0 Å². The van der Waals surface area contributed by atoms with E-state index in [-0.39, 0.29) is 65.0 Å². The smallest absolute Gasteiger partial charge is 0.111 e. The van der Waals surface area contributed by atoms with Crippen LogP contribution in [-0.4, -0.2) is 104 Å². The van der Waals surface area contributed by atoms with Crippen molar-refractivity contribution < 1.29 is 0 Å². The first-order valence-electron chi connectivity index (χ1n) is 39.6. The summed E-state index contributed by atoms with van der Waals surface area (Å²) < 4.78 is 0.668. The van der Waals surface area contributed by atoms with Crippen LogP contribution in [0.25, 0.3) is 0 Å². The van der Waals surface area contributed by atoms with Gasteiger partial charge in [-0.15, -0.1) is 118 Å². The van der Waals surface area contributed by atoms with Crippen LogP contribution in [-0.2, 0) is 77.2 Å². The molecule has 0 aliphatic heterocycles. The molecule has 0 heterocycles. The number of rotatable bonds is 51. The second-order valence-electron chi connectivity index (χ2n) is 28.1. The Bertz CT molecular complexity index is 3770. The summed E-state index contributed by atoms with van der Waals surface area (Å²) in [6.07, 6.45) is 0. The van der Waals surface area contributed by atoms with Crippen molar-refractivity contribution in [3.05, 3.63) is 320 Å². The van der Waals surface area contributed by atoms with Crippen LogP contribution in [0.2, 0.25) is 0 Å². The van der Waals surface area contributed by atoms with E-state index in [4.69, 9.17) is 0 Å². The lowest BCUT2D eigenvalue weighted by molar-refractivity contribution is 1.01. The van der Waals surface area contributed by atoms with Crippen molar-refractivity contribution in [3.63, 3.8) is 0 Å². The summed E-state index contributed by atoms with van der Waals surface area (Å²) >= 11 is 71.8. The number of thiol groups is 10. The Labute approximate surface area is 874 Å². The monoisotopic (exact) mass is 2120 g/mol. The number of hydrogen-bond acceptors (Lipinski definition) is 24. The van der Waals surface area contributed by atoms with E-state index < -0.39 is 0 Å². The molecule has 0 bridgehead atoms. The van der Waals surface area contributed by atoms with Crippen LogP contribution in [0, 0.1) is 0 Å². The lowest BCUT2D eigenvalue weighted by Gasteiger charge is -2.34. The largest absolute Gasteiger partial charge is 0.179 e. The van der Waals surface area contributed by atoms with Crippen molar-refractivity contribution in [3.8, 4) is 0 Å². The third-order valence-corrected chi connectivity index (χ3v) is 42.4. The Morgan fingerprint density at radius 1 is 0.202 bits per heavy atom. The SMILES string of the molecule is C.C.C.C.C.C.CC(C)(SCc1ccc(CS)cc1)SCc1ccc(CS)cc1.CC(C)(SCc1cccc(CS)c1)SCc1cccc(CS)c1.CC(C)(SCc1ccccc1CS)SCc1ccccc1CS.CC(SCCSCCS)(SCCSCCS)c1ccccc1.SCCSCCSC(SCCSCCS)(c1ccccc1)c1ccccc1. The number of hydrogen-bond donors (Lipinski definition) is 10. The maximum absolute atomic E-state index is 4.43. The average molecular weight is 2120 g/mol. The molecule has 9 aromatic carbocycles. The first-order valence-corrected chi connectivity index (χ1v) is 60.4. The third-order valence-electron chi connectivity index (χ3n) is 17.7. The highest BCUT2D eigenvalue weighted by atomic mass is 32.2. The van der Waals surface area contributed by atoms with Crippen LogP contribution < -0.4 is 0 Å². The highest BCUT2D eigenvalue weighted by Crippen LogP contribution is 2.53. The zero-order valence-corrected chi connectivity index (χ0v) is 89.9. The summed E-state index contributed by atoms with van der Waals surface area (Å²) in [6.45, 7) is 16.3. The minimum absolute atomic E-state index is 0. The van der Waals surface area contributed by atoms with Gasteiger partial charge in [-0.05, 0) is 155 Å². The Kier molecular flexibility index (Phi) is 78.6. The lowest BCUT2D eigenvalue weighted by atomic mass is 10.0. The Balaban J connectivity index is 0. The molecule has 0 aliphatic carbocycles. The van der Waals surface area contributed by atoms with Gasteiger partial charge in [-0.3, -0.25) is 0 Å². The van der Waals surface area contributed by atoms with E-state index >= 15 is 0 Å². The predicted molar refractivity (Wildman–Crippen MR) is 647 cm³/mol. The Morgan fingerprint density at radius 2 is 0.452 bits per heavy atom. The van der Waals surface area contributed by atoms with E-state index in [0.29, 0.717) is 0 Å². The van der Waals surface area contributed by atoms with Crippen molar-refractivity contribution >= 4 is 291 Å². The molecule has 0 N–H and O–H groups in total. The molecule has 0 atom stereocenters. The topological polar surface area (TPSA) is 0 Å². The Hall–Kier alpha value is 1.38. The molecule has 0 radical (unpaired) electrons. The summed E-state index contributed by atoms with van der Waals surface area (Å²) in [5.41, 5.74) is 20.4. The molecule has 0 saturated carbocycles. The zero-order chi connectivity index (χ0) is 85.4. The third kappa shape index (κ3) is 53.8. The van der Waals surface area contributed by atoms with Gasteiger partial charge in [-0.1, -0.05) is 281 Å². The maximum atomic E-state index is 4.43. The summed E-state index contributed by atoms with van der Waals surface area (Å²) in [7, 11) is 0. The van der Waals surface area contributed by atoms with Crippen LogP contribution in [0.1, 0.15) is 176 Å². The van der Waals surface area contributed by atoms with Gasteiger partial charge in [0, 0.05) is 138 Å². The van der Waals surface area contributed by atoms with Gasteiger partial charge in [0.1, 0.15) is 4.08 Å². The molecule has 0 aromatic heterocycles. The second kappa shape index (κ2) is 76.4. The molecule has 24 heteroatoms. The fourth-order valence-electron chi connectivity index (χ4n) is 11.0. The van der Waals surface area contributed by atoms with E-state index in [9.17, 15) is 0 Å². The zero-order valence-electron chi connectivity index (χ0n) is 69.5. The van der Waals surface area contributed by atoms with Crippen molar-refractivity contribution in [1.82, 2.24) is 0 Å². The minimum Gasteiger partial charge on any atom is -0.179 e. The van der Waals surface area contributed by atoms with E-state index in [2.05, 4.69) is 458 Å². The second-order valence-corrected chi connectivity index (χ2v) is 53.2. The molecule has 124 heavy (non-hydrogen) atoms. The predicted octanol–water partition coefficient (Wildman–Crippen LogP) is 35.5. The highest BCUT2D eigenvalue weighted by Gasteiger charge is 2.35. The van der Waals surface area contributed by atoms with Gasteiger partial charge in [0.2, 0.25) is 0 Å². The fraction of sp³-hybridized carbons (Fsp3) is 0.460. The molecular formula is C100H150S24. The van der Waals surface area contributed by atoms with Crippen LogP contribution >= 0.6 is 291 Å². The highest BCUT2D eigenvalue weighted by molar-refractivity contribution is 8.20. The first kappa shape index (κ1) is 127. The van der Waals surface area contributed by atoms with Crippen molar-refractivity contribution in [2.75, 3.05) is 92.0 Å². The summed E-state index contributed by atoms with van der Waals surface area (Å²) in [5, 5.41) is 0. The quantitative estimate of drug-likeness (QED) is 0.01000. The molecular weight excluding hydrogens is 1970 g/mol. The molecule has 9 aromatic rings. The van der Waals surface area contributed by atoms with Crippen LogP contribution in [0.15, 0.2) is 237 Å². The van der Waals surface area contributed by atoms with Gasteiger partial charge >= 0.3 is 0 Å². The number of benzene rings is 9. The molecule has 0 unspecified atom stereocenters. The number of thioether (sulfide) groups is 14. The molecule has 9 rings (SSSR count). The standard InChI is InChI=1S/C21H28S6.3C19H24S4.C16H26S6.6CH4/c22-11-13-24-15-17-26-21(19-7-3-1-4-8-19,20-9-5-2-6-10-20)27-18-16-25-14-12-23;1-19(2,22-13-17-7-3-15(11-20)4-8-17)23-14-18-9-5-16(12-21)6-10-18;1-19(2,22-13-17-7-3-5-15(9-17)11-20)23-14-18-8-4-6-16(10-18)12-21;1-19(2,22-13-17-9-5-3-7-15(17)11-20)23-14-18-10-6-4-8-16(18)12-21;1-16(15-5-3-2-4-6-15,21-13-11-19-9-7-17)22-14-12-20-10-8-18;;;;;;/h1-10,22-23H,11-18H2;3*3-10,20-21H,11-14H2,1-2H3;2-6,17-18H,7-14H2,1H3;6*1H4. The van der Waals surface area contributed by atoms with E-state index in [0.717, 1.165) is 127 Å². The average Bonchev–Trinajstić information content (AvgIpc) is 0.781. The van der Waals surface area contributed by atoms with Crippen LogP contribution in [0.4, 0.5) is 0 Å². The van der Waals surface area contributed by atoms with Crippen molar-refractivity contribution in [1.29, 1.82) is 0 Å². The molecule has 0 saturated heterocycles. The fourth-order valence-corrected chi connectivity index (χ4v) is 29.8. The first-order chi connectivity index (χ1) is 57.2. The molecule has 0 aliphatic rings. The normalized spacial score (nSPS) is 11.1. The van der Waals surface area contributed by atoms with Gasteiger partial charge in [0.05, 0.1) is 16.3 Å². The van der Waals surface area contributed by atoms with E-state index in [1.165, 1.54) is 118 Å². The van der Waals surface area contributed by atoms with Crippen molar-refractivity contribution in [2.45, 2.75) is 182 Å². The van der Waals surface area contributed by atoms with Crippen LogP contribution in [0.5, 0.6) is 0 Å². The molecule has 0 spiro atoms. The molecule has 0 fully saturated rings. The van der Waals surface area contributed by atoms with E-state index in [1.54, 1.807) is 0 Å². The molecule has 0 amide bonds. The Morgan fingerprint density at radius 3 is 0.742 bits per heavy atom. The van der Waals surface area contributed by atoms with Gasteiger partial charge < -0.3 is 0 Å². The summed E-state index contributed by atoms with van der Waals surface area (Å²) in [5.74, 6) is 28.9. The van der Waals surface area contributed by atoms with Gasteiger partial charge in [-0.2, -0.15) is 173 Å². The summed E-state index contributed by atoms with van der Waals surface area (Å²) in [4.78, 5) is 0. The van der Waals surface area contributed by atoms with Crippen molar-refractivity contribution in [2.24, 2.45) is 0 Å². The van der Waals surface area contributed by atoms with Crippen LogP contribution in [0.3, 0.4) is 0 Å². The minimum atomic E-state index is -0.0500.